The van der Waals surface area contributed by atoms with Gasteiger partial charge in [-0.05, 0) is 26.0 Å². The predicted octanol–water partition coefficient (Wildman–Crippen LogP) is 3.38. The molecule has 1 unspecified atom stereocenters. The molecule has 2 N–H and O–H groups in total. The minimum atomic E-state index is -0.101. The van der Waals surface area contributed by atoms with E-state index in [2.05, 4.69) is 25.8 Å². The molecular formula is C20H32IN5O3. The van der Waals surface area contributed by atoms with Crippen molar-refractivity contribution in [3.63, 3.8) is 0 Å². The largest absolute Gasteiger partial charge is 0.493 e. The van der Waals surface area contributed by atoms with Gasteiger partial charge in [-0.2, -0.15) is 4.98 Å². The zero-order valence-corrected chi connectivity index (χ0v) is 20.1. The number of para-hydroxylation sites is 2. The Kier molecular flexibility index (Phi) is 11.4. The van der Waals surface area contributed by atoms with E-state index in [-0.39, 0.29) is 36.0 Å². The first-order chi connectivity index (χ1) is 13.5. The van der Waals surface area contributed by atoms with Crippen LogP contribution in [0.1, 0.15) is 45.3 Å². The smallest absolute Gasteiger partial charge is 0.228 e. The summed E-state index contributed by atoms with van der Waals surface area (Å²) in [5.41, 5.74) is 0. The van der Waals surface area contributed by atoms with Crippen molar-refractivity contribution in [2.24, 2.45) is 4.99 Å². The maximum Gasteiger partial charge on any atom is 0.228 e. The van der Waals surface area contributed by atoms with Gasteiger partial charge >= 0.3 is 0 Å². The van der Waals surface area contributed by atoms with Gasteiger partial charge in [-0.25, -0.2) is 4.99 Å². The van der Waals surface area contributed by atoms with E-state index in [4.69, 9.17) is 14.0 Å². The molecular weight excluding hydrogens is 485 g/mol. The van der Waals surface area contributed by atoms with Crippen molar-refractivity contribution < 1.29 is 14.0 Å². The summed E-state index contributed by atoms with van der Waals surface area (Å²) in [6.45, 7) is 10.0. The highest BCUT2D eigenvalue weighted by molar-refractivity contribution is 14.0. The highest BCUT2D eigenvalue weighted by Crippen LogP contribution is 2.26. The Morgan fingerprint density at radius 1 is 1.17 bits per heavy atom. The monoisotopic (exact) mass is 517 g/mol. The van der Waals surface area contributed by atoms with E-state index in [1.54, 1.807) is 7.11 Å². The lowest BCUT2D eigenvalue weighted by Gasteiger charge is -2.16. The number of benzene rings is 1. The lowest BCUT2D eigenvalue weighted by Crippen LogP contribution is -2.39. The van der Waals surface area contributed by atoms with Crippen molar-refractivity contribution in [2.45, 2.75) is 46.1 Å². The van der Waals surface area contributed by atoms with Crippen LogP contribution < -0.4 is 20.1 Å². The first kappa shape index (κ1) is 25.0. The molecule has 2 aromatic rings. The maximum atomic E-state index is 5.94. The van der Waals surface area contributed by atoms with Crippen LogP contribution in [0, 0.1) is 0 Å². The molecule has 1 heterocycles. The molecule has 0 fully saturated rings. The Bertz CT molecular complexity index is 751. The van der Waals surface area contributed by atoms with Gasteiger partial charge in [0.05, 0.1) is 13.7 Å². The number of aromatic nitrogens is 2. The second-order valence-corrected chi connectivity index (χ2v) is 6.68. The zero-order valence-electron chi connectivity index (χ0n) is 17.8. The summed E-state index contributed by atoms with van der Waals surface area (Å²) in [5, 5.41) is 10.5. The molecule has 0 saturated carbocycles. The number of methoxy groups -OCH3 is 1. The summed E-state index contributed by atoms with van der Waals surface area (Å²) >= 11 is 0. The highest BCUT2D eigenvalue weighted by atomic mass is 127. The first-order valence-corrected chi connectivity index (χ1v) is 9.67. The normalized spacial score (nSPS) is 12.3. The van der Waals surface area contributed by atoms with Gasteiger partial charge in [-0.3, -0.25) is 0 Å². The second kappa shape index (κ2) is 13.2. The first-order valence-electron chi connectivity index (χ1n) is 9.67. The molecule has 0 radical (unpaired) electrons. The molecule has 1 aromatic carbocycles. The fraction of sp³-hybridized carbons (Fsp3) is 0.550. The molecule has 1 atom stereocenters. The average molecular weight is 517 g/mol. The minimum absolute atomic E-state index is 0. The fourth-order valence-corrected chi connectivity index (χ4v) is 2.42. The quantitative estimate of drug-likeness (QED) is 0.284. The predicted molar refractivity (Wildman–Crippen MR) is 125 cm³/mol. The molecule has 9 heteroatoms. The van der Waals surface area contributed by atoms with Gasteiger partial charge in [0.15, 0.2) is 23.3 Å². The summed E-state index contributed by atoms with van der Waals surface area (Å²) in [6, 6.07) is 7.59. The van der Waals surface area contributed by atoms with E-state index in [0.717, 1.165) is 18.3 Å². The topological polar surface area (TPSA) is 93.8 Å². The van der Waals surface area contributed by atoms with Crippen LogP contribution in [0.4, 0.5) is 0 Å². The van der Waals surface area contributed by atoms with Crippen LogP contribution in [0.15, 0.2) is 33.8 Å². The summed E-state index contributed by atoms with van der Waals surface area (Å²) < 4.78 is 16.5. The second-order valence-electron chi connectivity index (χ2n) is 6.68. The SMILES string of the molecule is CCNC(=NCC(C)Oc1ccccc1OC)NCCc1nc(C(C)C)no1.I. The van der Waals surface area contributed by atoms with Gasteiger partial charge in [-0.1, -0.05) is 31.1 Å². The zero-order chi connectivity index (χ0) is 20.4. The third kappa shape index (κ3) is 8.46. The summed E-state index contributed by atoms with van der Waals surface area (Å²) in [4.78, 5) is 8.97. The summed E-state index contributed by atoms with van der Waals surface area (Å²) in [7, 11) is 1.63. The van der Waals surface area contributed by atoms with Crippen molar-refractivity contribution >= 4 is 29.9 Å². The van der Waals surface area contributed by atoms with E-state index in [0.29, 0.717) is 36.9 Å². The third-order valence-electron chi connectivity index (χ3n) is 3.88. The summed E-state index contributed by atoms with van der Waals surface area (Å²) in [6.07, 6.45) is 0.536. The van der Waals surface area contributed by atoms with Crippen LogP contribution in [-0.2, 0) is 6.42 Å². The minimum Gasteiger partial charge on any atom is -0.493 e. The van der Waals surface area contributed by atoms with E-state index in [1.807, 2.05) is 52.0 Å². The molecule has 8 nitrogen and oxygen atoms in total. The fourth-order valence-electron chi connectivity index (χ4n) is 2.42. The molecule has 0 amide bonds. The number of rotatable bonds is 10. The Morgan fingerprint density at radius 3 is 2.52 bits per heavy atom. The van der Waals surface area contributed by atoms with Crippen LogP contribution in [0.25, 0.3) is 0 Å². The van der Waals surface area contributed by atoms with Crippen molar-refractivity contribution in [1.82, 2.24) is 20.8 Å². The molecule has 0 bridgehead atoms. The van der Waals surface area contributed by atoms with E-state index in [9.17, 15) is 0 Å². The molecule has 1 aromatic heterocycles. The molecule has 0 aliphatic heterocycles. The number of hydrogen-bond donors (Lipinski definition) is 2. The number of hydrogen-bond acceptors (Lipinski definition) is 6. The standard InChI is InChI=1S/C20H31N5O3.HI/c1-6-21-20(22-12-11-18-24-19(14(2)3)25-28-18)23-13-15(4)27-17-10-8-7-9-16(17)26-5;/h7-10,14-15H,6,11-13H2,1-5H3,(H2,21,22,23);1H. The molecule has 0 saturated heterocycles. The Labute approximate surface area is 189 Å². The van der Waals surface area contributed by atoms with Crippen LogP contribution >= 0.6 is 24.0 Å². The number of halogens is 1. The van der Waals surface area contributed by atoms with Crippen molar-refractivity contribution in [3.05, 3.63) is 36.0 Å². The van der Waals surface area contributed by atoms with Gasteiger partial charge in [0, 0.05) is 25.4 Å². The van der Waals surface area contributed by atoms with E-state index < -0.39 is 0 Å². The Morgan fingerprint density at radius 2 is 1.90 bits per heavy atom. The van der Waals surface area contributed by atoms with Crippen molar-refractivity contribution in [1.29, 1.82) is 0 Å². The number of ether oxygens (including phenoxy) is 2. The number of guanidine groups is 1. The van der Waals surface area contributed by atoms with Gasteiger partial charge in [0.2, 0.25) is 5.89 Å². The maximum absolute atomic E-state index is 5.94. The molecule has 0 aliphatic rings. The van der Waals surface area contributed by atoms with E-state index in [1.165, 1.54) is 0 Å². The lowest BCUT2D eigenvalue weighted by atomic mass is 10.2. The van der Waals surface area contributed by atoms with Crippen LogP contribution in [0.5, 0.6) is 11.5 Å². The Balaban J connectivity index is 0.00000420. The van der Waals surface area contributed by atoms with Crippen molar-refractivity contribution in [2.75, 3.05) is 26.7 Å². The van der Waals surface area contributed by atoms with Gasteiger partial charge in [-0.15, -0.1) is 24.0 Å². The highest BCUT2D eigenvalue weighted by Gasteiger charge is 2.11. The van der Waals surface area contributed by atoms with E-state index >= 15 is 0 Å². The summed E-state index contributed by atoms with van der Waals surface area (Å²) in [5.74, 6) is 3.76. The van der Waals surface area contributed by atoms with Gasteiger partial charge in [0.25, 0.3) is 0 Å². The van der Waals surface area contributed by atoms with Crippen LogP contribution in [0.2, 0.25) is 0 Å². The van der Waals surface area contributed by atoms with Gasteiger partial charge < -0.3 is 24.6 Å². The number of aliphatic imine (C=N–C) groups is 1. The number of nitrogens with one attached hydrogen (secondary N) is 2. The molecule has 2 rings (SSSR count). The molecule has 162 valence electrons. The molecule has 0 aliphatic carbocycles. The number of nitrogens with zero attached hydrogens (tertiary/aromatic N) is 3. The molecule has 0 spiro atoms. The van der Waals surface area contributed by atoms with Gasteiger partial charge in [0.1, 0.15) is 6.10 Å². The van der Waals surface area contributed by atoms with Crippen LogP contribution in [-0.4, -0.2) is 48.9 Å². The van der Waals surface area contributed by atoms with Crippen molar-refractivity contribution in [3.8, 4) is 11.5 Å². The Hall–Kier alpha value is -2.04. The van der Waals surface area contributed by atoms with Crippen LogP contribution in [0.3, 0.4) is 0 Å². The average Bonchev–Trinajstić information content (AvgIpc) is 3.16. The lowest BCUT2D eigenvalue weighted by molar-refractivity contribution is 0.219. The molecule has 29 heavy (non-hydrogen) atoms. The third-order valence-corrected chi connectivity index (χ3v) is 3.88.